The third-order valence-corrected chi connectivity index (χ3v) is 3.20. The molecule has 0 aliphatic rings. The molecule has 0 bridgehead atoms. The second-order valence-corrected chi connectivity index (χ2v) is 4.95. The summed E-state index contributed by atoms with van der Waals surface area (Å²) in [6.07, 6.45) is 0.351. The first-order valence-electron chi connectivity index (χ1n) is 7.16. The molecule has 1 amide bonds. The Morgan fingerprint density at radius 2 is 1.64 bits per heavy atom. The lowest BCUT2D eigenvalue weighted by atomic mass is 10.0. The SMILES string of the molecule is N#CCC(Cc1ccccc1)NC(=O)OCc1ccccc1. The van der Waals surface area contributed by atoms with E-state index in [1.807, 2.05) is 60.7 Å². The number of nitrogens with one attached hydrogen (secondary N) is 1. The average molecular weight is 294 g/mol. The molecule has 112 valence electrons. The van der Waals surface area contributed by atoms with E-state index in [1.165, 1.54) is 0 Å². The maximum absolute atomic E-state index is 11.8. The zero-order valence-electron chi connectivity index (χ0n) is 12.2. The van der Waals surface area contributed by atoms with E-state index < -0.39 is 6.09 Å². The van der Waals surface area contributed by atoms with Gasteiger partial charge in [0, 0.05) is 6.04 Å². The van der Waals surface area contributed by atoms with E-state index in [9.17, 15) is 4.79 Å². The average Bonchev–Trinajstić information content (AvgIpc) is 2.55. The number of rotatable bonds is 6. The molecule has 0 saturated heterocycles. The number of carbonyl (C=O) groups excluding carboxylic acids is 1. The molecule has 22 heavy (non-hydrogen) atoms. The van der Waals surface area contributed by atoms with Crippen molar-refractivity contribution in [2.75, 3.05) is 0 Å². The number of alkyl carbamates (subject to hydrolysis) is 1. The van der Waals surface area contributed by atoms with Gasteiger partial charge in [-0.3, -0.25) is 0 Å². The van der Waals surface area contributed by atoms with Crippen LogP contribution in [0.2, 0.25) is 0 Å². The van der Waals surface area contributed by atoms with Crippen LogP contribution in [0.15, 0.2) is 60.7 Å². The molecule has 0 fully saturated rings. The van der Waals surface area contributed by atoms with Crippen LogP contribution in [-0.4, -0.2) is 12.1 Å². The zero-order valence-corrected chi connectivity index (χ0v) is 12.2. The number of benzene rings is 2. The fraction of sp³-hybridized carbons (Fsp3) is 0.222. The number of amides is 1. The number of ether oxygens (including phenoxy) is 1. The van der Waals surface area contributed by atoms with Crippen molar-refractivity contribution < 1.29 is 9.53 Å². The molecule has 1 N–H and O–H groups in total. The first-order chi connectivity index (χ1) is 10.8. The van der Waals surface area contributed by atoms with E-state index in [4.69, 9.17) is 10.00 Å². The van der Waals surface area contributed by atoms with Crippen molar-refractivity contribution in [2.24, 2.45) is 0 Å². The molecule has 4 nitrogen and oxygen atoms in total. The van der Waals surface area contributed by atoms with Crippen LogP contribution in [0.1, 0.15) is 17.5 Å². The molecule has 0 aromatic heterocycles. The number of nitrogens with zero attached hydrogens (tertiary/aromatic N) is 1. The van der Waals surface area contributed by atoms with E-state index in [1.54, 1.807) is 0 Å². The minimum Gasteiger partial charge on any atom is -0.445 e. The van der Waals surface area contributed by atoms with Gasteiger partial charge in [-0.25, -0.2) is 4.79 Å². The predicted molar refractivity (Wildman–Crippen MR) is 83.9 cm³/mol. The standard InChI is InChI=1S/C18H18N2O2/c19-12-11-17(13-15-7-3-1-4-8-15)20-18(21)22-14-16-9-5-2-6-10-16/h1-10,17H,11,13-14H2,(H,20,21). The summed E-state index contributed by atoms with van der Waals surface area (Å²) in [7, 11) is 0. The van der Waals surface area contributed by atoms with Gasteiger partial charge < -0.3 is 10.1 Å². The minimum atomic E-state index is -0.500. The second kappa shape index (κ2) is 8.48. The monoisotopic (exact) mass is 294 g/mol. The highest BCUT2D eigenvalue weighted by Crippen LogP contribution is 2.06. The molecule has 0 aliphatic carbocycles. The van der Waals surface area contributed by atoms with Gasteiger partial charge in [0.1, 0.15) is 6.61 Å². The van der Waals surface area contributed by atoms with Crippen LogP contribution in [0.4, 0.5) is 4.79 Å². The maximum atomic E-state index is 11.8. The van der Waals surface area contributed by atoms with E-state index in [0.29, 0.717) is 6.42 Å². The molecule has 1 atom stereocenters. The van der Waals surface area contributed by atoms with E-state index in [-0.39, 0.29) is 19.1 Å². The molecule has 0 saturated carbocycles. The first-order valence-corrected chi connectivity index (χ1v) is 7.16. The largest absolute Gasteiger partial charge is 0.445 e. The van der Waals surface area contributed by atoms with Gasteiger partial charge in [0.15, 0.2) is 0 Å². The van der Waals surface area contributed by atoms with Crippen molar-refractivity contribution >= 4 is 6.09 Å². The van der Waals surface area contributed by atoms with Gasteiger partial charge in [0.05, 0.1) is 12.5 Å². The Morgan fingerprint density at radius 3 is 2.23 bits per heavy atom. The summed E-state index contributed by atoms with van der Waals surface area (Å²) in [6, 6.07) is 21.1. The van der Waals surface area contributed by atoms with Gasteiger partial charge in [-0.05, 0) is 17.5 Å². The number of carbonyl (C=O) groups is 1. The third-order valence-electron chi connectivity index (χ3n) is 3.20. The Kier molecular flexibility index (Phi) is 6.01. The highest BCUT2D eigenvalue weighted by atomic mass is 16.5. The van der Waals surface area contributed by atoms with Crippen LogP contribution in [0, 0.1) is 11.3 Å². The number of hydrogen-bond acceptors (Lipinski definition) is 3. The Morgan fingerprint density at radius 1 is 1.05 bits per heavy atom. The molecular formula is C18H18N2O2. The van der Waals surface area contributed by atoms with Crippen molar-refractivity contribution in [1.82, 2.24) is 5.32 Å². The van der Waals surface area contributed by atoms with Crippen LogP contribution in [0.25, 0.3) is 0 Å². The maximum Gasteiger partial charge on any atom is 0.407 e. The number of nitriles is 1. The van der Waals surface area contributed by atoms with Gasteiger partial charge in [0.25, 0.3) is 0 Å². The first kappa shape index (κ1) is 15.6. The van der Waals surface area contributed by atoms with E-state index >= 15 is 0 Å². The highest BCUT2D eigenvalue weighted by Gasteiger charge is 2.13. The Hall–Kier alpha value is -2.80. The van der Waals surface area contributed by atoms with Gasteiger partial charge in [-0.1, -0.05) is 60.7 Å². The van der Waals surface area contributed by atoms with Crippen LogP contribution in [0.3, 0.4) is 0 Å². The van der Waals surface area contributed by atoms with Gasteiger partial charge in [0.2, 0.25) is 0 Å². The topological polar surface area (TPSA) is 62.1 Å². The van der Waals surface area contributed by atoms with Crippen LogP contribution in [0.5, 0.6) is 0 Å². The molecule has 2 aromatic rings. The van der Waals surface area contributed by atoms with Gasteiger partial charge in [-0.15, -0.1) is 0 Å². The molecule has 0 aliphatic heterocycles. The van der Waals surface area contributed by atoms with Gasteiger partial charge >= 0.3 is 6.09 Å². The zero-order chi connectivity index (χ0) is 15.6. The molecular weight excluding hydrogens is 276 g/mol. The molecule has 1 unspecified atom stereocenters. The second-order valence-electron chi connectivity index (χ2n) is 4.95. The summed E-state index contributed by atoms with van der Waals surface area (Å²) in [5.74, 6) is 0. The van der Waals surface area contributed by atoms with Crippen LogP contribution < -0.4 is 5.32 Å². The third kappa shape index (κ3) is 5.29. The van der Waals surface area contributed by atoms with Gasteiger partial charge in [-0.2, -0.15) is 5.26 Å². The van der Waals surface area contributed by atoms with Crippen molar-refractivity contribution in [3.63, 3.8) is 0 Å². The van der Waals surface area contributed by atoms with Crippen molar-refractivity contribution in [1.29, 1.82) is 5.26 Å². The molecule has 2 aromatic carbocycles. The van der Waals surface area contributed by atoms with Crippen LogP contribution >= 0.6 is 0 Å². The molecule has 2 rings (SSSR count). The Balaban J connectivity index is 1.85. The fourth-order valence-electron chi connectivity index (χ4n) is 2.11. The molecule has 0 spiro atoms. The molecule has 0 radical (unpaired) electrons. The summed E-state index contributed by atoms with van der Waals surface area (Å²) in [6.45, 7) is 0.220. The summed E-state index contributed by atoms with van der Waals surface area (Å²) < 4.78 is 5.18. The molecule has 4 heteroatoms. The summed E-state index contributed by atoms with van der Waals surface area (Å²) in [5, 5.41) is 11.6. The van der Waals surface area contributed by atoms with Crippen LogP contribution in [-0.2, 0) is 17.8 Å². The summed E-state index contributed by atoms with van der Waals surface area (Å²) in [5.41, 5.74) is 2.00. The summed E-state index contributed by atoms with van der Waals surface area (Å²) in [4.78, 5) is 11.8. The smallest absolute Gasteiger partial charge is 0.407 e. The minimum absolute atomic E-state index is 0.220. The molecule has 0 heterocycles. The summed E-state index contributed by atoms with van der Waals surface area (Å²) >= 11 is 0. The lowest BCUT2D eigenvalue weighted by molar-refractivity contribution is 0.135. The lowest BCUT2D eigenvalue weighted by Crippen LogP contribution is -2.36. The predicted octanol–water partition coefficient (Wildman–Crippen LogP) is 3.44. The highest BCUT2D eigenvalue weighted by molar-refractivity contribution is 5.67. The normalized spacial score (nSPS) is 11.2. The number of hydrogen-bond donors (Lipinski definition) is 1. The Bertz CT molecular complexity index is 621. The van der Waals surface area contributed by atoms with Crippen molar-refractivity contribution in [3.05, 3.63) is 71.8 Å². The van der Waals surface area contributed by atoms with E-state index in [0.717, 1.165) is 11.1 Å². The Labute approximate surface area is 130 Å². The lowest BCUT2D eigenvalue weighted by Gasteiger charge is -2.16. The van der Waals surface area contributed by atoms with Crippen molar-refractivity contribution in [3.8, 4) is 6.07 Å². The quantitative estimate of drug-likeness (QED) is 0.887. The fourth-order valence-corrected chi connectivity index (χ4v) is 2.11. The van der Waals surface area contributed by atoms with E-state index in [2.05, 4.69) is 11.4 Å². The van der Waals surface area contributed by atoms with Crippen molar-refractivity contribution in [2.45, 2.75) is 25.5 Å².